The van der Waals surface area contributed by atoms with Crippen LogP contribution in [-0.4, -0.2) is 36.2 Å². The minimum atomic E-state index is -2.44. The van der Waals surface area contributed by atoms with Gasteiger partial charge in [-0.1, -0.05) is 0 Å². The summed E-state index contributed by atoms with van der Waals surface area (Å²) in [5.41, 5.74) is 5.52. The standard InChI is InChI=1S/C8H11BrF2N4O/c9-6-7(12)14-4-15-8(6)13-1-2-16-3-5(10)11/h4-5H,1-3H2,(H3,12,13,14,15). The fourth-order valence-corrected chi connectivity index (χ4v) is 1.27. The highest BCUT2D eigenvalue weighted by molar-refractivity contribution is 9.10. The lowest BCUT2D eigenvalue weighted by Gasteiger charge is -2.08. The number of nitrogens with two attached hydrogens (primary N) is 1. The zero-order chi connectivity index (χ0) is 12.0. The molecule has 0 aliphatic carbocycles. The number of nitrogen functional groups attached to an aromatic ring is 1. The fourth-order valence-electron chi connectivity index (χ4n) is 0.921. The molecule has 0 aromatic carbocycles. The van der Waals surface area contributed by atoms with Gasteiger partial charge in [-0.15, -0.1) is 0 Å². The summed E-state index contributed by atoms with van der Waals surface area (Å²) in [6.07, 6.45) is -1.14. The molecule has 1 aromatic heterocycles. The molecule has 0 radical (unpaired) electrons. The number of halogens is 3. The second-order valence-corrected chi connectivity index (χ2v) is 3.61. The van der Waals surface area contributed by atoms with Gasteiger partial charge < -0.3 is 15.8 Å². The zero-order valence-corrected chi connectivity index (χ0v) is 9.88. The van der Waals surface area contributed by atoms with E-state index in [4.69, 9.17) is 5.73 Å². The summed E-state index contributed by atoms with van der Waals surface area (Å²) in [7, 11) is 0. The van der Waals surface area contributed by atoms with E-state index < -0.39 is 13.0 Å². The van der Waals surface area contributed by atoms with E-state index in [9.17, 15) is 8.78 Å². The van der Waals surface area contributed by atoms with Crippen molar-refractivity contribution in [1.82, 2.24) is 9.97 Å². The predicted octanol–water partition coefficient (Wildman–Crippen LogP) is 1.51. The van der Waals surface area contributed by atoms with Crippen molar-refractivity contribution in [1.29, 1.82) is 0 Å². The Balaban J connectivity index is 2.29. The number of hydrogen-bond donors (Lipinski definition) is 2. The molecule has 3 N–H and O–H groups in total. The van der Waals surface area contributed by atoms with Gasteiger partial charge in [0.15, 0.2) is 0 Å². The summed E-state index contributed by atoms with van der Waals surface area (Å²) < 4.78 is 28.7. The number of rotatable bonds is 6. The fraction of sp³-hybridized carbons (Fsp3) is 0.500. The van der Waals surface area contributed by atoms with Crippen LogP contribution in [0.3, 0.4) is 0 Å². The van der Waals surface area contributed by atoms with Gasteiger partial charge in [0.1, 0.15) is 29.0 Å². The molecule has 0 saturated carbocycles. The van der Waals surface area contributed by atoms with Crippen molar-refractivity contribution >= 4 is 27.6 Å². The van der Waals surface area contributed by atoms with Crippen LogP contribution in [0.4, 0.5) is 20.4 Å². The highest BCUT2D eigenvalue weighted by Gasteiger charge is 2.05. The van der Waals surface area contributed by atoms with Crippen molar-refractivity contribution in [2.75, 3.05) is 30.8 Å². The van der Waals surface area contributed by atoms with Crippen LogP contribution < -0.4 is 11.1 Å². The Morgan fingerprint density at radius 1 is 1.50 bits per heavy atom. The molecule has 0 unspecified atom stereocenters. The molecule has 90 valence electrons. The van der Waals surface area contributed by atoms with Crippen molar-refractivity contribution in [3.63, 3.8) is 0 Å². The Hall–Kier alpha value is -1.02. The average Bonchev–Trinajstić information content (AvgIpc) is 2.23. The van der Waals surface area contributed by atoms with E-state index in [2.05, 4.69) is 36.0 Å². The monoisotopic (exact) mass is 296 g/mol. The molecule has 16 heavy (non-hydrogen) atoms. The van der Waals surface area contributed by atoms with E-state index >= 15 is 0 Å². The molecule has 0 aliphatic rings. The second kappa shape index (κ2) is 6.54. The minimum Gasteiger partial charge on any atom is -0.383 e. The van der Waals surface area contributed by atoms with Gasteiger partial charge in [0.2, 0.25) is 0 Å². The molecule has 1 rings (SSSR count). The van der Waals surface area contributed by atoms with Gasteiger partial charge in [-0.25, -0.2) is 18.7 Å². The van der Waals surface area contributed by atoms with Crippen LogP contribution in [-0.2, 0) is 4.74 Å². The Bertz CT molecular complexity index is 340. The third-order valence-electron chi connectivity index (χ3n) is 1.60. The molecule has 1 heterocycles. The summed E-state index contributed by atoms with van der Waals surface area (Å²) in [6.45, 7) is -0.0305. The molecule has 0 amide bonds. The van der Waals surface area contributed by atoms with Gasteiger partial charge in [0.25, 0.3) is 6.43 Å². The van der Waals surface area contributed by atoms with Crippen molar-refractivity contribution in [3.05, 3.63) is 10.8 Å². The number of aromatic nitrogens is 2. The van der Waals surface area contributed by atoms with Crippen molar-refractivity contribution in [2.45, 2.75) is 6.43 Å². The number of ether oxygens (including phenoxy) is 1. The summed E-state index contributed by atoms with van der Waals surface area (Å²) in [5.74, 6) is 0.819. The first-order chi connectivity index (χ1) is 7.61. The molecule has 1 aromatic rings. The maximum atomic E-state index is 11.7. The molecule has 0 fully saturated rings. The highest BCUT2D eigenvalue weighted by atomic mass is 79.9. The highest BCUT2D eigenvalue weighted by Crippen LogP contribution is 2.23. The van der Waals surface area contributed by atoms with Gasteiger partial charge in [-0.05, 0) is 15.9 Å². The lowest BCUT2D eigenvalue weighted by Crippen LogP contribution is -2.14. The molecule has 0 saturated heterocycles. The van der Waals surface area contributed by atoms with Crippen LogP contribution in [0, 0.1) is 0 Å². The number of anilines is 2. The van der Waals surface area contributed by atoms with Gasteiger partial charge in [-0.2, -0.15) is 0 Å². The number of hydrogen-bond acceptors (Lipinski definition) is 5. The zero-order valence-electron chi connectivity index (χ0n) is 8.29. The van der Waals surface area contributed by atoms with Crippen molar-refractivity contribution < 1.29 is 13.5 Å². The van der Waals surface area contributed by atoms with E-state index in [1.165, 1.54) is 6.33 Å². The number of nitrogens with one attached hydrogen (secondary N) is 1. The predicted molar refractivity (Wildman–Crippen MR) is 59.5 cm³/mol. The quantitative estimate of drug-likeness (QED) is 0.779. The Kier molecular flexibility index (Phi) is 5.33. The molecular weight excluding hydrogens is 286 g/mol. The van der Waals surface area contributed by atoms with E-state index in [1.807, 2.05) is 0 Å². The Labute approximate surface area is 99.5 Å². The molecule has 0 aliphatic heterocycles. The molecule has 0 bridgehead atoms. The van der Waals surface area contributed by atoms with Gasteiger partial charge >= 0.3 is 0 Å². The first-order valence-electron chi connectivity index (χ1n) is 4.47. The van der Waals surface area contributed by atoms with Crippen LogP contribution in [0.15, 0.2) is 10.8 Å². The van der Waals surface area contributed by atoms with Crippen LogP contribution in [0.1, 0.15) is 0 Å². The maximum absolute atomic E-state index is 11.7. The summed E-state index contributed by atoms with van der Waals surface area (Å²) >= 11 is 3.20. The Morgan fingerprint density at radius 2 is 2.25 bits per heavy atom. The summed E-state index contributed by atoms with van der Waals surface area (Å²) in [6, 6.07) is 0. The van der Waals surface area contributed by atoms with E-state index in [0.29, 0.717) is 22.7 Å². The van der Waals surface area contributed by atoms with Crippen LogP contribution in [0.2, 0.25) is 0 Å². The first kappa shape index (κ1) is 13.0. The Morgan fingerprint density at radius 3 is 2.94 bits per heavy atom. The molecular formula is C8H11BrF2N4O. The second-order valence-electron chi connectivity index (χ2n) is 2.81. The molecule has 0 atom stereocenters. The first-order valence-corrected chi connectivity index (χ1v) is 5.26. The normalized spacial score (nSPS) is 10.8. The minimum absolute atomic E-state index is 0.167. The third-order valence-corrected chi connectivity index (χ3v) is 2.38. The smallest absolute Gasteiger partial charge is 0.261 e. The average molecular weight is 297 g/mol. The molecule has 8 heteroatoms. The number of nitrogens with zero attached hydrogens (tertiary/aromatic N) is 2. The number of alkyl halides is 2. The van der Waals surface area contributed by atoms with Crippen LogP contribution >= 0.6 is 15.9 Å². The lowest BCUT2D eigenvalue weighted by atomic mass is 10.5. The van der Waals surface area contributed by atoms with Crippen molar-refractivity contribution in [3.8, 4) is 0 Å². The van der Waals surface area contributed by atoms with Crippen molar-refractivity contribution in [2.24, 2.45) is 0 Å². The summed E-state index contributed by atoms with van der Waals surface area (Å²) in [4.78, 5) is 7.68. The van der Waals surface area contributed by atoms with E-state index in [-0.39, 0.29) is 6.61 Å². The van der Waals surface area contributed by atoms with Gasteiger partial charge in [0, 0.05) is 6.54 Å². The summed E-state index contributed by atoms with van der Waals surface area (Å²) in [5, 5.41) is 2.88. The molecule has 5 nitrogen and oxygen atoms in total. The lowest BCUT2D eigenvalue weighted by molar-refractivity contribution is 0.0215. The van der Waals surface area contributed by atoms with Crippen LogP contribution in [0.25, 0.3) is 0 Å². The maximum Gasteiger partial charge on any atom is 0.261 e. The largest absolute Gasteiger partial charge is 0.383 e. The van der Waals surface area contributed by atoms with E-state index in [0.717, 1.165) is 0 Å². The van der Waals surface area contributed by atoms with E-state index in [1.54, 1.807) is 0 Å². The topological polar surface area (TPSA) is 73.1 Å². The van der Waals surface area contributed by atoms with Gasteiger partial charge in [-0.3, -0.25) is 0 Å². The third kappa shape index (κ3) is 4.23. The SMILES string of the molecule is Nc1ncnc(NCCOCC(F)F)c1Br. The molecule has 0 spiro atoms. The van der Waals surface area contributed by atoms with Crippen LogP contribution in [0.5, 0.6) is 0 Å². The van der Waals surface area contributed by atoms with Gasteiger partial charge in [0.05, 0.1) is 6.61 Å².